The zero-order valence-electron chi connectivity index (χ0n) is 16.3. The van der Waals surface area contributed by atoms with E-state index < -0.39 is 4.92 Å². The minimum absolute atomic E-state index is 0.0780. The second-order valence-electron chi connectivity index (χ2n) is 6.99. The molecule has 30 heavy (non-hydrogen) atoms. The lowest BCUT2D eigenvalue weighted by molar-refractivity contribution is -0.384. The second-order valence-corrected chi connectivity index (χ2v) is 7.94. The van der Waals surface area contributed by atoms with Crippen molar-refractivity contribution in [3.63, 3.8) is 0 Å². The van der Waals surface area contributed by atoms with Crippen LogP contribution in [0.3, 0.4) is 0 Å². The molecule has 1 aliphatic heterocycles. The SMILES string of the molecule is O=C(CCCc1nc(-c2cccs2)no1)N1CCN(c2cccc([N+](=O)[O-])c2)CC1. The molecule has 3 aromatic rings. The second kappa shape index (κ2) is 9.04. The molecule has 1 fully saturated rings. The van der Waals surface area contributed by atoms with Gasteiger partial charge in [-0.1, -0.05) is 17.3 Å². The van der Waals surface area contributed by atoms with Crippen molar-refractivity contribution in [1.29, 1.82) is 0 Å². The number of benzene rings is 1. The molecule has 0 bridgehead atoms. The van der Waals surface area contributed by atoms with Crippen molar-refractivity contribution in [2.75, 3.05) is 31.1 Å². The lowest BCUT2D eigenvalue weighted by Gasteiger charge is -2.36. The summed E-state index contributed by atoms with van der Waals surface area (Å²) in [6.07, 6.45) is 1.64. The zero-order valence-corrected chi connectivity index (χ0v) is 17.1. The van der Waals surface area contributed by atoms with Gasteiger partial charge in [0, 0.05) is 56.8 Å². The van der Waals surface area contributed by atoms with Crippen molar-refractivity contribution < 1.29 is 14.2 Å². The van der Waals surface area contributed by atoms with Crippen molar-refractivity contribution in [3.05, 3.63) is 57.8 Å². The van der Waals surface area contributed by atoms with Crippen LogP contribution in [0.1, 0.15) is 18.7 Å². The highest BCUT2D eigenvalue weighted by molar-refractivity contribution is 7.13. The minimum atomic E-state index is -0.393. The van der Waals surface area contributed by atoms with Crippen LogP contribution in [0.4, 0.5) is 11.4 Å². The number of aromatic nitrogens is 2. The van der Waals surface area contributed by atoms with E-state index in [9.17, 15) is 14.9 Å². The Hall–Kier alpha value is -3.27. The number of nitro groups is 1. The summed E-state index contributed by atoms with van der Waals surface area (Å²) >= 11 is 1.55. The van der Waals surface area contributed by atoms with Crippen molar-refractivity contribution in [1.82, 2.24) is 15.0 Å². The lowest BCUT2D eigenvalue weighted by atomic mass is 10.2. The largest absolute Gasteiger partial charge is 0.368 e. The van der Waals surface area contributed by atoms with Gasteiger partial charge in [-0.25, -0.2) is 0 Å². The predicted octanol–water partition coefficient (Wildman–Crippen LogP) is 3.38. The normalized spacial score (nSPS) is 14.1. The van der Waals surface area contributed by atoms with Gasteiger partial charge in [-0.3, -0.25) is 14.9 Å². The van der Waals surface area contributed by atoms with Gasteiger partial charge in [-0.2, -0.15) is 4.98 Å². The summed E-state index contributed by atoms with van der Waals surface area (Å²) in [4.78, 5) is 32.3. The van der Waals surface area contributed by atoms with Crippen LogP contribution in [-0.2, 0) is 11.2 Å². The minimum Gasteiger partial charge on any atom is -0.368 e. The van der Waals surface area contributed by atoms with Gasteiger partial charge in [0.05, 0.1) is 9.80 Å². The molecule has 1 aromatic carbocycles. The number of piperazine rings is 1. The van der Waals surface area contributed by atoms with Gasteiger partial charge in [0.2, 0.25) is 17.6 Å². The van der Waals surface area contributed by atoms with Gasteiger partial charge in [0.1, 0.15) is 0 Å². The molecule has 0 radical (unpaired) electrons. The molecule has 3 heterocycles. The molecule has 0 atom stereocenters. The third-order valence-electron chi connectivity index (χ3n) is 5.03. The summed E-state index contributed by atoms with van der Waals surface area (Å²) in [5.41, 5.74) is 0.892. The van der Waals surface area contributed by atoms with Gasteiger partial charge < -0.3 is 14.3 Å². The third kappa shape index (κ3) is 4.65. The molecule has 9 nitrogen and oxygen atoms in total. The van der Waals surface area contributed by atoms with Crippen molar-refractivity contribution in [2.45, 2.75) is 19.3 Å². The van der Waals surface area contributed by atoms with Crippen LogP contribution < -0.4 is 4.90 Å². The van der Waals surface area contributed by atoms with Gasteiger partial charge in [-0.15, -0.1) is 11.3 Å². The van der Waals surface area contributed by atoms with E-state index in [4.69, 9.17) is 4.52 Å². The Morgan fingerprint density at radius 2 is 2.03 bits per heavy atom. The topological polar surface area (TPSA) is 106 Å². The van der Waals surface area contributed by atoms with E-state index in [1.807, 2.05) is 28.5 Å². The Balaban J connectivity index is 1.23. The highest BCUT2D eigenvalue weighted by atomic mass is 32.1. The number of nitrogens with zero attached hydrogens (tertiary/aromatic N) is 5. The highest BCUT2D eigenvalue weighted by Gasteiger charge is 2.22. The standard InChI is InChI=1S/C20H21N5O4S/c26-19(8-2-7-18-21-20(22-29-18)17-6-3-13-30-17)24-11-9-23(10-12-24)15-4-1-5-16(14-15)25(27)28/h1,3-6,13-14H,2,7-12H2. The molecule has 156 valence electrons. The summed E-state index contributed by atoms with van der Waals surface area (Å²) in [6, 6.07) is 10.5. The molecule has 2 aromatic heterocycles. The Bertz CT molecular complexity index is 1010. The maximum absolute atomic E-state index is 12.5. The number of non-ortho nitro benzene ring substituents is 1. The number of nitro benzene ring substituents is 1. The van der Waals surface area contributed by atoms with Crippen molar-refractivity contribution in [3.8, 4) is 10.7 Å². The Morgan fingerprint density at radius 1 is 1.20 bits per heavy atom. The molecule has 0 aliphatic carbocycles. The molecule has 4 rings (SSSR count). The Kier molecular flexibility index (Phi) is 6.03. The monoisotopic (exact) mass is 427 g/mol. The summed E-state index contributed by atoms with van der Waals surface area (Å²) in [7, 11) is 0. The van der Waals surface area contributed by atoms with E-state index >= 15 is 0 Å². The average Bonchev–Trinajstić information content (AvgIpc) is 3.46. The van der Waals surface area contributed by atoms with E-state index in [2.05, 4.69) is 15.0 Å². The molecule has 1 saturated heterocycles. The fraction of sp³-hybridized carbons (Fsp3) is 0.350. The van der Waals surface area contributed by atoms with E-state index in [0.717, 1.165) is 10.6 Å². The van der Waals surface area contributed by atoms with Crippen LogP contribution in [0.15, 0.2) is 46.3 Å². The Morgan fingerprint density at radius 3 is 2.77 bits per heavy atom. The van der Waals surface area contributed by atoms with Gasteiger partial charge in [-0.05, 0) is 23.9 Å². The lowest BCUT2D eigenvalue weighted by Crippen LogP contribution is -2.48. The number of anilines is 1. The number of carbonyl (C=O) groups is 1. The number of rotatable bonds is 7. The van der Waals surface area contributed by atoms with Gasteiger partial charge in [0.15, 0.2) is 0 Å². The van der Waals surface area contributed by atoms with Gasteiger partial charge >= 0.3 is 0 Å². The fourth-order valence-corrected chi connectivity index (χ4v) is 4.08. The number of aryl methyl sites for hydroxylation is 1. The fourth-order valence-electron chi connectivity index (χ4n) is 3.43. The summed E-state index contributed by atoms with van der Waals surface area (Å²) in [5.74, 6) is 1.23. The molecule has 0 N–H and O–H groups in total. The molecular formula is C20H21N5O4S. The quantitative estimate of drug-likeness (QED) is 0.420. The molecule has 0 unspecified atom stereocenters. The predicted molar refractivity (Wildman–Crippen MR) is 112 cm³/mol. The van der Waals surface area contributed by atoms with Crippen LogP contribution in [0.5, 0.6) is 0 Å². The average molecular weight is 427 g/mol. The number of hydrogen-bond donors (Lipinski definition) is 0. The summed E-state index contributed by atoms with van der Waals surface area (Å²) in [5, 5.41) is 16.9. The number of amides is 1. The van der Waals surface area contributed by atoms with E-state index in [1.54, 1.807) is 23.5 Å². The molecule has 0 saturated carbocycles. The van der Waals surface area contributed by atoms with Gasteiger partial charge in [0.25, 0.3) is 5.69 Å². The van der Waals surface area contributed by atoms with Crippen LogP contribution in [0.25, 0.3) is 10.7 Å². The Labute approximate surface area is 177 Å². The van der Waals surface area contributed by atoms with Crippen LogP contribution >= 0.6 is 11.3 Å². The number of hydrogen-bond acceptors (Lipinski definition) is 8. The molecule has 1 amide bonds. The first-order valence-electron chi connectivity index (χ1n) is 9.74. The first-order chi connectivity index (χ1) is 14.6. The summed E-state index contributed by atoms with van der Waals surface area (Å²) in [6.45, 7) is 2.51. The van der Waals surface area contributed by atoms with E-state index in [-0.39, 0.29) is 11.6 Å². The van der Waals surface area contributed by atoms with Crippen molar-refractivity contribution >= 4 is 28.6 Å². The molecule has 10 heteroatoms. The molecular weight excluding hydrogens is 406 g/mol. The third-order valence-corrected chi connectivity index (χ3v) is 5.89. The molecule has 0 spiro atoms. The highest BCUT2D eigenvalue weighted by Crippen LogP contribution is 2.23. The number of thiophene rings is 1. The van der Waals surface area contributed by atoms with Crippen LogP contribution in [0.2, 0.25) is 0 Å². The van der Waals surface area contributed by atoms with Crippen LogP contribution in [0, 0.1) is 10.1 Å². The smallest absolute Gasteiger partial charge is 0.271 e. The van der Waals surface area contributed by atoms with Crippen molar-refractivity contribution in [2.24, 2.45) is 0 Å². The maximum Gasteiger partial charge on any atom is 0.271 e. The van der Waals surface area contributed by atoms with E-state index in [0.29, 0.717) is 57.2 Å². The van der Waals surface area contributed by atoms with Crippen LogP contribution in [-0.4, -0.2) is 52.1 Å². The molecule has 1 aliphatic rings. The summed E-state index contributed by atoms with van der Waals surface area (Å²) < 4.78 is 5.27. The first-order valence-corrected chi connectivity index (χ1v) is 10.6. The zero-order chi connectivity index (χ0) is 20.9. The maximum atomic E-state index is 12.5. The van der Waals surface area contributed by atoms with E-state index in [1.165, 1.54) is 6.07 Å². The number of carbonyl (C=O) groups excluding carboxylic acids is 1. The first kappa shape index (κ1) is 20.0.